The summed E-state index contributed by atoms with van der Waals surface area (Å²) in [4.78, 5) is 35.5. The molecule has 3 aromatic heterocycles. The average Bonchev–Trinajstić information content (AvgIpc) is 3.38. The second kappa shape index (κ2) is 7.28. The maximum absolute atomic E-state index is 13.0. The van der Waals surface area contributed by atoms with Gasteiger partial charge < -0.3 is 14.0 Å². The van der Waals surface area contributed by atoms with E-state index in [0.29, 0.717) is 35.2 Å². The lowest BCUT2D eigenvalue weighted by Crippen LogP contribution is -2.30. The van der Waals surface area contributed by atoms with Crippen LogP contribution in [0.25, 0.3) is 5.65 Å². The summed E-state index contributed by atoms with van der Waals surface area (Å²) < 4.78 is 6.73. The van der Waals surface area contributed by atoms with Crippen LogP contribution >= 0.6 is 22.9 Å². The highest BCUT2D eigenvalue weighted by molar-refractivity contribution is 7.09. The Morgan fingerprint density at radius 2 is 2.15 bits per heavy atom. The number of amides is 1. The molecule has 1 saturated heterocycles. The third-order valence-corrected chi connectivity index (χ3v) is 5.61. The number of aromatic nitrogens is 3. The summed E-state index contributed by atoms with van der Waals surface area (Å²) >= 11 is 7.37. The average molecular weight is 405 g/mol. The van der Waals surface area contributed by atoms with Crippen LogP contribution in [0.1, 0.15) is 51.8 Å². The number of hydrogen-bond acceptors (Lipinski definition) is 6. The number of carbonyl (C=O) groups excluding carboxylic acids is 2. The Morgan fingerprint density at radius 1 is 1.30 bits per heavy atom. The normalized spacial score (nSPS) is 16.8. The van der Waals surface area contributed by atoms with E-state index < -0.39 is 5.97 Å². The first-order valence-electron chi connectivity index (χ1n) is 8.64. The number of ether oxygens (including phenoxy) is 1. The standard InChI is InChI=1S/C18H17ClN4O3S/c1-2-26-18(25)13-10-27-16(21-13)14-4-3-7-23(14)17(24)12-9-22-8-11(19)5-6-15(22)20-12/h5-6,8-10,14H,2-4,7H2,1H3/t14-/m1/s1. The number of fused-ring (bicyclic) bond motifs is 1. The van der Waals surface area contributed by atoms with Gasteiger partial charge in [0.25, 0.3) is 5.91 Å². The van der Waals surface area contributed by atoms with Crippen LogP contribution in [-0.2, 0) is 4.74 Å². The first-order valence-corrected chi connectivity index (χ1v) is 9.90. The van der Waals surface area contributed by atoms with E-state index in [4.69, 9.17) is 16.3 Å². The number of likely N-dealkylation sites (tertiary alicyclic amines) is 1. The minimum Gasteiger partial charge on any atom is -0.461 e. The zero-order valence-electron chi connectivity index (χ0n) is 14.6. The molecule has 4 heterocycles. The lowest BCUT2D eigenvalue weighted by molar-refractivity contribution is 0.0520. The molecule has 0 N–H and O–H groups in total. The SMILES string of the molecule is CCOC(=O)c1csc([C@H]2CCCN2C(=O)c2cn3cc(Cl)ccc3n2)n1. The van der Waals surface area contributed by atoms with Gasteiger partial charge in [0, 0.05) is 24.3 Å². The Morgan fingerprint density at radius 3 is 2.96 bits per heavy atom. The highest BCUT2D eigenvalue weighted by Crippen LogP contribution is 2.35. The van der Waals surface area contributed by atoms with E-state index in [1.165, 1.54) is 11.3 Å². The number of imidazole rings is 1. The Balaban J connectivity index is 1.58. The van der Waals surface area contributed by atoms with Crippen LogP contribution in [0.4, 0.5) is 0 Å². The molecule has 0 aromatic carbocycles. The van der Waals surface area contributed by atoms with Crippen molar-refractivity contribution in [2.45, 2.75) is 25.8 Å². The fourth-order valence-electron chi connectivity index (χ4n) is 3.22. The molecule has 1 amide bonds. The number of nitrogens with zero attached hydrogens (tertiary/aromatic N) is 4. The molecule has 0 radical (unpaired) electrons. The quantitative estimate of drug-likeness (QED) is 0.621. The van der Waals surface area contributed by atoms with E-state index in [0.717, 1.165) is 17.8 Å². The molecule has 0 saturated carbocycles. The van der Waals surface area contributed by atoms with Crippen molar-refractivity contribution in [1.82, 2.24) is 19.3 Å². The summed E-state index contributed by atoms with van der Waals surface area (Å²) in [5, 5.41) is 3.00. The molecule has 140 valence electrons. The van der Waals surface area contributed by atoms with E-state index in [-0.39, 0.29) is 11.9 Å². The number of thiazole rings is 1. The van der Waals surface area contributed by atoms with Crippen molar-refractivity contribution in [1.29, 1.82) is 0 Å². The Kier molecular flexibility index (Phi) is 4.84. The van der Waals surface area contributed by atoms with Crippen molar-refractivity contribution in [3.8, 4) is 0 Å². The number of hydrogen-bond donors (Lipinski definition) is 0. The maximum Gasteiger partial charge on any atom is 0.357 e. The molecule has 1 aliphatic rings. The number of carbonyl (C=O) groups is 2. The van der Waals surface area contributed by atoms with Gasteiger partial charge in [-0.05, 0) is 31.9 Å². The van der Waals surface area contributed by atoms with Gasteiger partial charge in [0.05, 0.1) is 17.7 Å². The third-order valence-electron chi connectivity index (χ3n) is 4.44. The van der Waals surface area contributed by atoms with Gasteiger partial charge in [0.1, 0.15) is 16.3 Å². The monoisotopic (exact) mass is 404 g/mol. The zero-order chi connectivity index (χ0) is 19.0. The molecule has 9 heteroatoms. The summed E-state index contributed by atoms with van der Waals surface area (Å²) in [6.07, 6.45) is 5.09. The van der Waals surface area contributed by atoms with E-state index in [1.54, 1.807) is 46.1 Å². The van der Waals surface area contributed by atoms with E-state index in [2.05, 4.69) is 9.97 Å². The van der Waals surface area contributed by atoms with Gasteiger partial charge >= 0.3 is 5.97 Å². The van der Waals surface area contributed by atoms with Gasteiger partial charge in [-0.2, -0.15) is 0 Å². The molecule has 7 nitrogen and oxygen atoms in total. The van der Waals surface area contributed by atoms with Crippen molar-refractivity contribution in [2.75, 3.05) is 13.2 Å². The Hall–Kier alpha value is -2.45. The number of halogens is 1. The molecular weight excluding hydrogens is 388 g/mol. The van der Waals surface area contributed by atoms with E-state index >= 15 is 0 Å². The van der Waals surface area contributed by atoms with Gasteiger partial charge in [-0.1, -0.05) is 11.6 Å². The van der Waals surface area contributed by atoms with Crippen molar-refractivity contribution in [2.24, 2.45) is 0 Å². The molecule has 27 heavy (non-hydrogen) atoms. The zero-order valence-corrected chi connectivity index (χ0v) is 16.2. The minimum absolute atomic E-state index is 0.148. The predicted octanol–water partition coefficient (Wildman–Crippen LogP) is 3.60. The molecular formula is C18H17ClN4O3S. The van der Waals surface area contributed by atoms with Gasteiger partial charge in [-0.3, -0.25) is 4.79 Å². The van der Waals surface area contributed by atoms with Crippen LogP contribution in [0.3, 0.4) is 0 Å². The fourth-order valence-corrected chi connectivity index (χ4v) is 4.32. The summed E-state index contributed by atoms with van der Waals surface area (Å²) in [6, 6.07) is 3.36. The smallest absolute Gasteiger partial charge is 0.357 e. The molecule has 1 aliphatic heterocycles. The Labute approximate surface area is 164 Å². The lowest BCUT2D eigenvalue weighted by Gasteiger charge is -2.22. The van der Waals surface area contributed by atoms with Crippen LogP contribution in [-0.4, -0.2) is 44.3 Å². The van der Waals surface area contributed by atoms with Crippen molar-refractivity contribution in [3.63, 3.8) is 0 Å². The predicted molar refractivity (Wildman–Crippen MR) is 101 cm³/mol. The second-order valence-corrected chi connectivity index (χ2v) is 7.51. The second-order valence-electron chi connectivity index (χ2n) is 6.19. The first kappa shape index (κ1) is 17.9. The fraction of sp³-hybridized carbons (Fsp3) is 0.333. The van der Waals surface area contributed by atoms with Crippen molar-refractivity contribution >= 4 is 40.5 Å². The molecule has 4 rings (SSSR count). The number of esters is 1. The minimum atomic E-state index is -0.437. The molecule has 0 aliphatic carbocycles. The first-order chi connectivity index (χ1) is 13.1. The summed E-state index contributed by atoms with van der Waals surface area (Å²) in [7, 11) is 0. The molecule has 0 spiro atoms. The van der Waals surface area contributed by atoms with Crippen LogP contribution in [0, 0.1) is 0 Å². The highest BCUT2D eigenvalue weighted by atomic mass is 35.5. The van der Waals surface area contributed by atoms with Crippen LogP contribution in [0.15, 0.2) is 29.9 Å². The van der Waals surface area contributed by atoms with Gasteiger partial charge in [-0.15, -0.1) is 11.3 Å². The summed E-state index contributed by atoms with van der Waals surface area (Å²) in [5.41, 5.74) is 1.32. The molecule has 0 unspecified atom stereocenters. The van der Waals surface area contributed by atoms with Crippen LogP contribution in [0.2, 0.25) is 5.02 Å². The maximum atomic E-state index is 13.0. The van der Waals surface area contributed by atoms with Gasteiger partial charge in [-0.25, -0.2) is 14.8 Å². The molecule has 0 bridgehead atoms. The van der Waals surface area contributed by atoms with Crippen molar-refractivity contribution in [3.05, 3.63) is 51.3 Å². The topological polar surface area (TPSA) is 76.8 Å². The van der Waals surface area contributed by atoms with E-state index in [9.17, 15) is 9.59 Å². The molecule has 3 aromatic rings. The summed E-state index contributed by atoms with van der Waals surface area (Å²) in [5.74, 6) is -0.585. The highest BCUT2D eigenvalue weighted by Gasteiger charge is 2.34. The molecule has 1 fully saturated rings. The van der Waals surface area contributed by atoms with Crippen LogP contribution in [0.5, 0.6) is 0 Å². The van der Waals surface area contributed by atoms with Crippen LogP contribution < -0.4 is 0 Å². The van der Waals surface area contributed by atoms with E-state index in [1.807, 2.05) is 0 Å². The number of rotatable bonds is 4. The molecule has 1 atom stereocenters. The van der Waals surface area contributed by atoms with Gasteiger partial charge in [0.15, 0.2) is 5.69 Å². The number of pyridine rings is 1. The van der Waals surface area contributed by atoms with Gasteiger partial charge in [0.2, 0.25) is 0 Å². The third kappa shape index (κ3) is 3.42. The largest absolute Gasteiger partial charge is 0.461 e. The summed E-state index contributed by atoms with van der Waals surface area (Å²) in [6.45, 7) is 2.69. The lowest BCUT2D eigenvalue weighted by atomic mass is 10.2. The van der Waals surface area contributed by atoms with Crippen molar-refractivity contribution < 1.29 is 14.3 Å². The Bertz CT molecular complexity index is 1020.